The highest BCUT2D eigenvalue weighted by Crippen LogP contribution is 2.10. The van der Waals surface area contributed by atoms with Gasteiger partial charge >= 0.3 is 6.03 Å². The molecule has 1 saturated heterocycles. The summed E-state index contributed by atoms with van der Waals surface area (Å²) in [6.07, 6.45) is 0.802. The van der Waals surface area contributed by atoms with E-state index in [2.05, 4.69) is 5.32 Å². The maximum absolute atomic E-state index is 12.5. The number of rotatable bonds is 1. The molecule has 1 N–H and O–H groups in total. The van der Waals surface area contributed by atoms with Crippen LogP contribution in [0.5, 0.6) is 0 Å². The lowest BCUT2D eigenvalue weighted by molar-refractivity contribution is 0.0762. The van der Waals surface area contributed by atoms with Gasteiger partial charge in [-0.15, -0.1) is 0 Å². The highest BCUT2D eigenvalue weighted by molar-refractivity contribution is 5.94. The monoisotopic (exact) mass is 303 g/mol. The Morgan fingerprint density at radius 1 is 0.955 bits per heavy atom. The number of hydrogen-bond donors (Lipinski definition) is 1. The number of nitrogens with one attached hydrogen (secondary N) is 1. The number of amides is 3. The number of hydrogen-bond acceptors (Lipinski definition) is 2. The lowest BCUT2D eigenvalue weighted by Gasteiger charge is -2.27. The number of carbonyl (C=O) groups excluding carboxylic acids is 2. The topological polar surface area (TPSA) is 52.7 Å². The van der Waals surface area contributed by atoms with Gasteiger partial charge in [-0.3, -0.25) is 4.79 Å². The lowest BCUT2D eigenvalue weighted by atomic mass is 10.1. The van der Waals surface area contributed by atoms with E-state index < -0.39 is 0 Å². The molecule has 1 aromatic carbocycles. The Morgan fingerprint density at radius 3 is 2.18 bits per heavy atom. The number of carbonyl (C=O) groups is 2. The minimum absolute atomic E-state index is 0.0404. The molecule has 2 rings (SSSR count). The zero-order chi connectivity index (χ0) is 16.2. The van der Waals surface area contributed by atoms with Crippen molar-refractivity contribution in [1.82, 2.24) is 15.1 Å². The van der Waals surface area contributed by atoms with E-state index >= 15 is 0 Å². The largest absolute Gasteiger partial charge is 0.337 e. The summed E-state index contributed by atoms with van der Waals surface area (Å²) in [7, 11) is 0. The average molecular weight is 303 g/mol. The van der Waals surface area contributed by atoms with E-state index in [9.17, 15) is 9.59 Å². The standard InChI is InChI=1S/C17H25N3O2/c1-17(2,3)18-16(22)20-11-7-10-19(12-13-20)15(21)14-8-5-4-6-9-14/h4-6,8-9H,7,10-13H2,1-3H3,(H,18,22). The van der Waals surface area contributed by atoms with Gasteiger partial charge in [0.2, 0.25) is 0 Å². The van der Waals surface area contributed by atoms with Crippen LogP contribution in [0.25, 0.3) is 0 Å². The van der Waals surface area contributed by atoms with Crippen LogP contribution in [0.2, 0.25) is 0 Å². The molecule has 0 atom stereocenters. The molecule has 1 aliphatic rings. The molecule has 0 spiro atoms. The molecule has 22 heavy (non-hydrogen) atoms. The highest BCUT2D eigenvalue weighted by atomic mass is 16.2. The van der Waals surface area contributed by atoms with Gasteiger partial charge in [-0.2, -0.15) is 0 Å². The molecular weight excluding hydrogens is 278 g/mol. The van der Waals surface area contributed by atoms with Gasteiger partial charge in [0.15, 0.2) is 0 Å². The fraction of sp³-hybridized carbons (Fsp3) is 0.529. The van der Waals surface area contributed by atoms with Gasteiger partial charge in [0.25, 0.3) is 5.91 Å². The van der Waals surface area contributed by atoms with E-state index in [0.717, 1.165) is 6.42 Å². The minimum atomic E-state index is -0.247. The zero-order valence-corrected chi connectivity index (χ0v) is 13.6. The second-order valence-electron chi connectivity index (χ2n) is 6.68. The summed E-state index contributed by atoms with van der Waals surface area (Å²) in [6.45, 7) is 8.41. The first-order valence-corrected chi connectivity index (χ1v) is 7.78. The Balaban J connectivity index is 1.95. The molecule has 3 amide bonds. The summed E-state index contributed by atoms with van der Waals surface area (Å²) < 4.78 is 0. The van der Waals surface area contributed by atoms with Crippen molar-refractivity contribution in [2.75, 3.05) is 26.2 Å². The van der Waals surface area contributed by atoms with Crippen molar-refractivity contribution in [2.45, 2.75) is 32.7 Å². The summed E-state index contributed by atoms with van der Waals surface area (Å²) in [5, 5.41) is 2.98. The van der Waals surface area contributed by atoms with Crippen molar-refractivity contribution in [3.63, 3.8) is 0 Å². The van der Waals surface area contributed by atoms with Crippen molar-refractivity contribution in [3.05, 3.63) is 35.9 Å². The van der Waals surface area contributed by atoms with Gasteiger partial charge in [0.05, 0.1) is 0 Å². The molecule has 0 aliphatic carbocycles. The predicted octanol–water partition coefficient (Wildman–Crippen LogP) is 2.34. The second-order valence-corrected chi connectivity index (χ2v) is 6.68. The lowest BCUT2D eigenvalue weighted by Crippen LogP contribution is -2.49. The van der Waals surface area contributed by atoms with Crippen molar-refractivity contribution < 1.29 is 9.59 Å². The highest BCUT2D eigenvalue weighted by Gasteiger charge is 2.24. The first-order valence-electron chi connectivity index (χ1n) is 7.78. The van der Waals surface area contributed by atoms with Crippen molar-refractivity contribution >= 4 is 11.9 Å². The maximum Gasteiger partial charge on any atom is 0.317 e. The second kappa shape index (κ2) is 6.81. The Morgan fingerprint density at radius 2 is 1.55 bits per heavy atom. The van der Waals surface area contributed by atoms with Gasteiger partial charge in [-0.25, -0.2) is 4.79 Å². The summed E-state index contributed by atoms with van der Waals surface area (Å²) in [6, 6.07) is 9.25. The molecule has 5 nitrogen and oxygen atoms in total. The van der Waals surface area contributed by atoms with Crippen LogP contribution in [0.3, 0.4) is 0 Å². The molecule has 5 heteroatoms. The molecule has 1 aliphatic heterocycles. The summed E-state index contributed by atoms with van der Waals surface area (Å²) in [5.41, 5.74) is 0.457. The Kier molecular flexibility index (Phi) is 5.06. The third kappa shape index (κ3) is 4.48. The predicted molar refractivity (Wildman–Crippen MR) is 86.8 cm³/mol. The van der Waals surface area contributed by atoms with Crippen LogP contribution in [-0.4, -0.2) is 53.5 Å². The Hall–Kier alpha value is -2.04. The van der Waals surface area contributed by atoms with Crippen LogP contribution >= 0.6 is 0 Å². The third-order valence-corrected chi connectivity index (χ3v) is 3.57. The number of nitrogens with zero attached hydrogens (tertiary/aromatic N) is 2. The Labute approximate surface area is 132 Å². The van der Waals surface area contributed by atoms with E-state index in [0.29, 0.717) is 31.7 Å². The number of urea groups is 1. The molecule has 1 heterocycles. The molecule has 0 saturated carbocycles. The van der Waals surface area contributed by atoms with Gasteiger partial charge in [0.1, 0.15) is 0 Å². The first-order chi connectivity index (χ1) is 10.4. The SMILES string of the molecule is CC(C)(C)NC(=O)N1CCCN(C(=O)c2ccccc2)CC1. The summed E-state index contributed by atoms with van der Waals surface area (Å²) in [5.74, 6) is 0.0404. The van der Waals surface area contributed by atoms with E-state index in [4.69, 9.17) is 0 Å². The Bertz CT molecular complexity index is 522. The van der Waals surface area contributed by atoms with E-state index in [-0.39, 0.29) is 17.5 Å². The van der Waals surface area contributed by atoms with E-state index in [1.54, 1.807) is 4.90 Å². The van der Waals surface area contributed by atoms with Crippen LogP contribution in [-0.2, 0) is 0 Å². The molecule has 0 unspecified atom stereocenters. The normalized spacial score (nSPS) is 16.1. The average Bonchev–Trinajstić information content (AvgIpc) is 2.71. The smallest absolute Gasteiger partial charge is 0.317 e. The molecule has 0 radical (unpaired) electrons. The molecule has 1 aromatic rings. The molecule has 0 aromatic heterocycles. The van der Waals surface area contributed by atoms with Gasteiger partial charge in [-0.1, -0.05) is 18.2 Å². The minimum Gasteiger partial charge on any atom is -0.337 e. The van der Waals surface area contributed by atoms with Crippen molar-refractivity contribution in [2.24, 2.45) is 0 Å². The van der Waals surface area contributed by atoms with Crippen LogP contribution in [0.1, 0.15) is 37.6 Å². The fourth-order valence-corrected chi connectivity index (χ4v) is 2.49. The van der Waals surface area contributed by atoms with Crippen LogP contribution in [0.15, 0.2) is 30.3 Å². The quantitative estimate of drug-likeness (QED) is 0.866. The molecule has 1 fully saturated rings. The van der Waals surface area contributed by atoms with E-state index in [1.807, 2.05) is 56.0 Å². The van der Waals surface area contributed by atoms with Crippen molar-refractivity contribution in [1.29, 1.82) is 0 Å². The van der Waals surface area contributed by atoms with E-state index in [1.165, 1.54) is 0 Å². The summed E-state index contributed by atoms with van der Waals surface area (Å²) in [4.78, 5) is 28.3. The molecular formula is C17H25N3O2. The van der Waals surface area contributed by atoms with Gasteiger partial charge in [-0.05, 0) is 39.3 Å². The third-order valence-electron chi connectivity index (χ3n) is 3.57. The van der Waals surface area contributed by atoms with Crippen LogP contribution < -0.4 is 5.32 Å². The maximum atomic E-state index is 12.5. The number of benzene rings is 1. The van der Waals surface area contributed by atoms with Crippen LogP contribution in [0.4, 0.5) is 4.79 Å². The van der Waals surface area contributed by atoms with Gasteiger partial charge in [0, 0.05) is 37.3 Å². The van der Waals surface area contributed by atoms with Gasteiger partial charge < -0.3 is 15.1 Å². The van der Waals surface area contributed by atoms with Crippen molar-refractivity contribution in [3.8, 4) is 0 Å². The zero-order valence-electron chi connectivity index (χ0n) is 13.6. The molecule has 120 valence electrons. The fourth-order valence-electron chi connectivity index (χ4n) is 2.49. The first kappa shape index (κ1) is 16.3. The molecule has 0 bridgehead atoms. The summed E-state index contributed by atoms with van der Waals surface area (Å²) >= 11 is 0. The van der Waals surface area contributed by atoms with Crippen LogP contribution in [0, 0.1) is 0 Å².